The van der Waals surface area contributed by atoms with Crippen molar-refractivity contribution in [2.24, 2.45) is 5.73 Å². The Morgan fingerprint density at radius 3 is 2.09 bits per heavy atom. The maximum Gasteiger partial charge on any atom is 0.248 e. The van der Waals surface area contributed by atoms with Crippen LogP contribution in [-0.2, 0) is 9.59 Å². The van der Waals surface area contributed by atoms with Gasteiger partial charge >= 0.3 is 0 Å². The first-order chi connectivity index (χ1) is 10.8. The first-order valence-corrected chi connectivity index (χ1v) is 7.04. The number of amides is 1. The van der Waals surface area contributed by atoms with E-state index in [1.165, 1.54) is 6.92 Å². The molecule has 0 aliphatic carbocycles. The topological polar surface area (TPSA) is 124 Å². The Labute approximate surface area is 135 Å². The molecule has 0 aromatic heterocycles. The Morgan fingerprint density at radius 1 is 1.00 bits per heavy atom. The molecule has 2 aromatic carbocycles. The molecule has 0 bridgehead atoms. The monoisotopic (exact) mass is 314 g/mol. The van der Waals surface area contributed by atoms with Crippen LogP contribution in [0.15, 0.2) is 48.5 Å². The fraction of sp³-hybridized carbons (Fsp3) is 0.176. The third-order valence-corrected chi connectivity index (χ3v) is 3.00. The summed E-state index contributed by atoms with van der Waals surface area (Å²) in [6.45, 7) is 3.27. The number of hydrogen-bond donors (Lipinski definition) is 4. The highest BCUT2D eigenvalue weighted by Crippen LogP contribution is 2.14. The molecule has 23 heavy (non-hydrogen) atoms. The molecular weight excluding hydrogens is 292 g/mol. The molecule has 0 spiro atoms. The number of benzene rings is 2. The van der Waals surface area contributed by atoms with E-state index in [1.807, 2.05) is 31.2 Å². The van der Waals surface area contributed by atoms with Crippen molar-refractivity contribution in [2.75, 3.05) is 16.8 Å². The second-order valence-electron chi connectivity index (χ2n) is 5.08. The number of Topliss-reactive ketones (excluding diaryl/α,β-unsaturated/α-hetero) is 1. The van der Waals surface area contributed by atoms with Crippen LogP contribution in [0.1, 0.15) is 12.5 Å². The minimum atomic E-state index is -1.09. The van der Waals surface area contributed by atoms with Gasteiger partial charge in [-0.25, -0.2) is 0 Å². The standard InChI is InChI=1S/C10H12N2O2.C7H10N2/c1-7(13)9(11)10(14)12-8-5-3-2-4-6-8;1-5-2-3-6(8)7(9)4-5/h2-6,9H,11H2,1H3,(H,12,14);2-4H,8-9H2,1H3. The van der Waals surface area contributed by atoms with Crippen LogP contribution in [0.5, 0.6) is 0 Å². The van der Waals surface area contributed by atoms with E-state index in [-0.39, 0.29) is 5.78 Å². The van der Waals surface area contributed by atoms with Gasteiger partial charge in [0.05, 0.1) is 11.4 Å². The zero-order valence-electron chi connectivity index (χ0n) is 13.2. The van der Waals surface area contributed by atoms with E-state index in [4.69, 9.17) is 17.2 Å². The Bertz CT molecular complexity index is 672. The zero-order chi connectivity index (χ0) is 17.4. The Kier molecular flexibility index (Phi) is 6.76. The van der Waals surface area contributed by atoms with Crippen molar-refractivity contribution in [1.82, 2.24) is 0 Å². The summed E-state index contributed by atoms with van der Waals surface area (Å²) in [7, 11) is 0. The highest BCUT2D eigenvalue weighted by Gasteiger charge is 2.17. The Morgan fingerprint density at radius 2 is 1.61 bits per heavy atom. The first-order valence-electron chi connectivity index (χ1n) is 7.04. The van der Waals surface area contributed by atoms with Crippen molar-refractivity contribution >= 4 is 28.8 Å². The van der Waals surface area contributed by atoms with Crippen molar-refractivity contribution < 1.29 is 9.59 Å². The number of anilines is 3. The van der Waals surface area contributed by atoms with Crippen molar-refractivity contribution in [1.29, 1.82) is 0 Å². The zero-order valence-corrected chi connectivity index (χ0v) is 13.2. The second-order valence-corrected chi connectivity index (χ2v) is 5.08. The minimum absolute atomic E-state index is 0.349. The van der Waals surface area contributed by atoms with E-state index >= 15 is 0 Å². The van der Waals surface area contributed by atoms with Crippen LogP contribution >= 0.6 is 0 Å². The molecule has 7 N–H and O–H groups in total. The van der Waals surface area contributed by atoms with Crippen LogP contribution in [0.4, 0.5) is 17.1 Å². The van der Waals surface area contributed by atoms with Crippen LogP contribution < -0.4 is 22.5 Å². The lowest BCUT2D eigenvalue weighted by atomic mass is 10.2. The molecule has 1 amide bonds. The molecule has 0 aliphatic rings. The molecule has 0 heterocycles. The molecule has 0 fully saturated rings. The molecule has 2 rings (SSSR count). The average molecular weight is 314 g/mol. The lowest BCUT2D eigenvalue weighted by molar-refractivity contribution is -0.126. The van der Waals surface area contributed by atoms with E-state index in [2.05, 4.69) is 5.32 Å². The van der Waals surface area contributed by atoms with E-state index in [9.17, 15) is 9.59 Å². The summed E-state index contributed by atoms with van der Waals surface area (Å²) in [5.41, 5.74) is 19.4. The Balaban J connectivity index is 0.000000253. The number of nitrogen functional groups attached to an aromatic ring is 2. The maximum atomic E-state index is 11.3. The van der Waals surface area contributed by atoms with Gasteiger partial charge in [0.1, 0.15) is 6.04 Å². The van der Waals surface area contributed by atoms with E-state index in [0.29, 0.717) is 17.1 Å². The highest BCUT2D eigenvalue weighted by atomic mass is 16.2. The molecule has 0 saturated heterocycles. The number of carbonyl (C=O) groups is 2. The minimum Gasteiger partial charge on any atom is -0.397 e. The number of rotatable bonds is 3. The van der Waals surface area contributed by atoms with Gasteiger partial charge in [-0.15, -0.1) is 0 Å². The molecule has 0 aliphatic heterocycles. The summed E-state index contributed by atoms with van der Waals surface area (Å²) in [6, 6.07) is 13.4. The summed E-state index contributed by atoms with van der Waals surface area (Å²) >= 11 is 0. The fourth-order valence-corrected chi connectivity index (χ4v) is 1.62. The molecule has 0 saturated carbocycles. The summed E-state index contributed by atoms with van der Waals surface area (Å²) in [4.78, 5) is 22.1. The van der Waals surface area contributed by atoms with E-state index in [1.54, 1.807) is 24.3 Å². The van der Waals surface area contributed by atoms with Crippen LogP contribution in [0.3, 0.4) is 0 Å². The number of hydrogen-bond acceptors (Lipinski definition) is 5. The van der Waals surface area contributed by atoms with Gasteiger partial charge in [-0.2, -0.15) is 0 Å². The fourth-order valence-electron chi connectivity index (χ4n) is 1.62. The van der Waals surface area contributed by atoms with Gasteiger partial charge < -0.3 is 22.5 Å². The van der Waals surface area contributed by atoms with Gasteiger partial charge in [0, 0.05) is 5.69 Å². The molecule has 6 nitrogen and oxygen atoms in total. The van der Waals surface area contributed by atoms with Gasteiger partial charge in [-0.3, -0.25) is 9.59 Å². The molecular formula is C17H22N4O2. The van der Waals surface area contributed by atoms with Crippen LogP contribution in [0.25, 0.3) is 0 Å². The third kappa shape index (κ3) is 6.19. The maximum absolute atomic E-state index is 11.3. The lowest BCUT2D eigenvalue weighted by Crippen LogP contribution is -2.41. The molecule has 6 heteroatoms. The second kappa shape index (κ2) is 8.55. The number of ketones is 1. The largest absolute Gasteiger partial charge is 0.397 e. The van der Waals surface area contributed by atoms with Crippen LogP contribution in [-0.4, -0.2) is 17.7 Å². The highest BCUT2D eigenvalue weighted by molar-refractivity contribution is 6.09. The predicted molar refractivity (Wildman–Crippen MR) is 93.7 cm³/mol. The van der Waals surface area contributed by atoms with Crippen LogP contribution in [0.2, 0.25) is 0 Å². The summed E-state index contributed by atoms with van der Waals surface area (Å²) < 4.78 is 0. The molecule has 1 atom stereocenters. The first kappa shape index (κ1) is 18.2. The summed E-state index contributed by atoms with van der Waals surface area (Å²) in [5, 5.41) is 2.54. The van der Waals surface area contributed by atoms with Gasteiger partial charge in [0.15, 0.2) is 5.78 Å². The van der Waals surface area contributed by atoms with Crippen molar-refractivity contribution in [3.63, 3.8) is 0 Å². The van der Waals surface area contributed by atoms with Gasteiger partial charge in [-0.05, 0) is 43.7 Å². The number of nitrogens with one attached hydrogen (secondary N) is 1. The number of carbonyl (C=O) groups excluding carboxylic acids is 2. The molecule has 0 radical (unpaired) electrons. The van der Waals surface area contributed by atoms with Gasteiger partial charge in [0.25, 0.3) is 0 Å². The Hall–Kier alpha value is -2.86. The third-order valence-electron chi connectivity index (χ3n) is 3.00. The number of para-hydroxylation sites is 1. The SMILES string of the molecule is CC(=O)C(N)C(=O)Nc1ccccc1.Cc1ccc(N)c(N)c1. The predicted octanol–water partition coefficient (Wildman–Crippen LogP) is 1.70. The molecule has 122 valence electrons. The van der Waals surface area contributed by atoms with Crippen molar-refractivity contribution in [3.8, 4) is 0 Å². The molecule has 1 unspecified atom stereocenters. The summed E-state index contributed by atoms with van der Waals surface area (Å²) in [5.74, 6) is -0.831. The van der Waals surface area contributed by atoms with E-state index in [0.717, 1.165) is 5.56 Å². The summed E-state index contributed by atoms with van der Waals surface area (Å²) in [6.07, 6.45) is 0. The van der Waals surface area contributed by atoms with Gasteiger partial charge in [0.2, 0.25) is 5.91 Å². The smallest absolute Gasteiger partial charge is 0.248 e. The average Bonchev–Trinajstić information content (AvgIpc) is 2.52. The lowest BCUT2D eigenvalue weighted by Gasteiger charge is -2.08. The number of nitrogens with two attached hydrogens (primary N) is 3. The normalized spacial score (nSPS) is 10.9. The molecule has 2 aromatic rings. The van der Waals surface area contributed by atoms with Crippen molar-refractivity contribution in [2.45, 2.75) is 19.9 Å². The van der Waals surface area contributed by atoms with Crippen LogP contribution in [0, 0.1) is 6.92 Å². The van der Waals surface area contributed by atoms with Crippen molar-refractivity contribution in [3.05, 3.63) is 54.1 Å². The van der Waals surface area contributed by atoms with Gasteiger partial charge in [-0.1, -0.05) is 24.3 Å². The quantitative estimate of drug-likeness (QED) is 0.507. The number of aryl methyl sites for hydroxylation is 1. The van der Waals surface area contributed by atoms with E-state index < -0.39 is 11.9 Å².